The molecule has 2 saturated heterocycles. The van der Waals surface area contributed by atoms with Gasteiger partial charge in [-0.15, -0.1) is 0 Å². The molecule has 4 atom stereocenters. The Hall–Kier alpha value is -3.52. The Kier molecular flexibility index (Phi) is 16.2. The second-order valence-corrected chi connectivity index (χ2v) is 13.9. The molecule has 280 valence electrons. The highest BCUT2D eigenvalue weighted by Gasteiger charge is 2.42. The van der Waals surface area contributed by atoms with Crippen LogP contribution in [0.2, 0.25) is 0 Å². The number of halogens is 3. The van der Waals surface area contributed by atoms with Gasteiger partial charge in [-0.3, -0.25) is 34.2 Å². The lowest BCUT2D eigenvalue weighted by atomic mass is 9.99. The Morgan fingerprint density at radius 3 is 2.18 bits per heavy atom. The van der Waals surface area contributed by atoms with Gasteiger partial charge in [-0.05, 0) is 81.8 Å². The van der Waals surface area contributed by atoms with Crippen molar-refractivity contribution in [2.45, 2.75) is 123 Å². The van der Waals surface area contributed by atoms with Crippen molar-refractivity contribution in [3.63, 3.8) is 0 Å². The fourth-order valence-corrected chi connectivity index (χ4v) is 6.34. The second kappa shape index (κ2) is 19.8. The van der Waals surface area contributed by atoms with E-state index < -0.39 is 48.0 Å². The first-order chi connectivity index (χ1) is 23.6. The number of hydrogen-bond acceptors (Lipinski definition) is 8. The molecule has 4 amide bonds. The van der Waals surface area contributed by atoms with Gasteiger partial charge in [-0.25, -0.2) is 0 Å². The average Bonchev–Trinajstić information content (AvgIpc) is 3.30. The van der Waals surface area contributed by atoms with Crippen LogP contribution in [0.4, 0.5) is 18.9 Å². The minimum absolute atomic E-state index is 0.0845. The van der Waals surface area contributed by atoms with Crippen molar-refractivity contribution in [3.05, 3.63) is 29.8 Å². The van der Waals surface area contributed by atoms with Crippen LogP contribution in [0, 0.1) is 11.8 Å². The molecule has 11 nitrogen and oxygen atoms in total. The summed E-state index contributed by atoms with van der Waals surface area (Å²) >= 11 is 0. The highest BCUT2D eigenvalue weighted by molar-refractivity contribution is 6.03. The van der Waals surface area contributed by atoms with E-state index in [2.05, 4.69) is 20.9 Å². The molecular weight excluding hydrogens is 655 g/mol. The summed E-state index contributed by atoms with van der Waals surface area (Å²) in [5.41, 5.74) is 1.18. The van der Waals surface area contributed by atoms with Gasteiger partial charge >= 0.3 is 12.1 Å². The molecule has 1 aromatic rings. The molecule has 2 fully saturated rings. The summed E-state index contributed by atoms with van der Waals surface area (Å²) in [5, 5.41) is 8.10. The number of ether oxygens (including phenoxy) is 1. The van der Waals surface area contributed by atoms with Gasteiger partial charge in [0.15, 0.2) is 0 Å². The quantitative estimate of drug-likeness (QED) is 0.104. The third-order valence-electron chi connectivity index (χ3n) is 9.28. The smallest absolute Gasteiger partial charge is 0.403 e. The maximum atomic E-state index is 14.2. The van der Waals surface area contributed by atoms with Crippen molar-refractivity contribution >= 4 is 35.3 Å². The van der Waals surface area contributed by atoms with Gasteiger partial charge in [0.1, 0.15) is 18.7 Å². The predicted octanol–water partition coefficient (Wildman–Crippen LogP) is 4.94. The zero-order valence-electron chi connectivity index (χ0n) is 29.8. The zero-order valence-corrected chi connectivity index (χ0v) is 29.8. The predicted molar refractivity (Wildman–Crippen MR) is 183 cm³/mol. The molecule has 0 saturated carbocycles. The van der Waals surface area contributed by atoms with Crippen LogP contribution in [0.3, 0.4) is 0 Å². The van der Waals surface area contributed by atoms with E-state index in [1.165, 1.54) is 18.2 Å². The number of unbranched alkanes of at least 4 members (excludes halogenated alkanes) is 2. The van der Waals surface area contributed by atoms with Gasteiger partial charge in [0, 0.05) is 31.5 Å². The standard InChI is InChI=1S/C36H54F3N5O6/c1-24(2)32(42-30(36(37,38)39)13-7-5-10-21-44-31(46)22-25(3)35(44)49)34(48)41-29(12-11-20-43-18-8-6-9-19-43)33(47)40-28-16-14-27(15-17-28)23-50-26(4)45/h14-17,24-25,29-30,32,42H,5-13,18-23H2,1-4H3,(H,40,47)(H,41,48)/t25?,29-,30-,32-/m0/s1. The van der Waals surface area contributed by atoms with Crippen molar-refractivity contribution in [2.75, 3.05) is 31.5 Å². The first kappa shape index (κ1) is 40.9. The second-order valence-electron chi connectivity index (χ2n) is 13.9. The topological polar surface area (TPSA) is 137 Å². The van der Waals surface area contributed by atoms with E-state index in [1.54, 1.807) is 45.0 Å². The Morgan fingerprint density at radius 2 is 1.60 bits per heavy atom. The first-order valence-electron chi connectivity index (χ1n) is 17.9. The van der Waals surface area contributed by atoms with Crippen molar-refractivity contribution < 1.29 is 41.9 Å². The molecule has 2 aliphatic rings. The number of imide groups is 1. The molecule has 14 heteroatoms. The van der Waals surface area contributed by atoms with Crippen molar-refractivity contribution in [2.24, 2.45) is 11.8 Å². The molecule has 0 radical (unpaired) electrons. The molecule has 1 aromatic carbocycles. The summed E-state index contributed by atoms with van der Waals surface area (Å²) < 4.78 is 47.6. The number of nitrogens with one attached hydrogen (secondary N) is 3. The molecule has 3 rings (SSSR count). The summed E-state index contributed by atoms with van der Waals surface area (Å²) in [7, 11) is 0. The molecular formula is C36H54F3N5O6. The number of rotatable bonds is 19. The molecule has 0 aliphatic carbocycles. The maximum Gasteiger partial charge on any atom is 0.403 e. The summed E-state index contributed by atoms with van der Waals surface area (Å²) in [6.07, 6.45) is 0.489. The Bertz CT molecular complexity index is 1290. The van der Waals surface area contributed by atoms with Crippen molar-refractivity contribution in [1.82, 2.24) is 20.4 Å². The van der Waals surface area contributed by atoms with Crippen LogP contribution in [0.15, 0.2) is 24.3 Å². The third-order valence-corrected chi connectivity index (χ3v) is 9.28. The highest BCUT2D eigenvalue weighted by atomic mass is 19.4. The van der Waals surface area contributed by atoms with Crippen LogP contribution in [0.1, 0.15) is 97.5 Å². The molecule has 1 unspecified atom stereocenters. The summed E-state index contributed by atoms with van der Waals surface area (Å²) in [5.74, 6) is -2.98. The van der Waals surface area contributed by atoms with Crippen LogP contribution in [0.25, 0.3) is 0 Å². The number of amides is 4. The van der Waals surface area contributed by atoms with Crippen LogP contribution in [-0.4, -0.2) is 89.9 Å². The summed E-state index contributed by atoms with van der Waals surface area (Å²) in [4.78, 5) is 65.9. The van der Waals surface area contributed by atoms with Crippen LogP contribution in [-0.2, 0) is 35.3 Å². The van der Waals surface area contributed by atoms with E-state index in [1.807, 2.05) is 0 Å². The van der Waals surface area contributed by atoms with Crippen molar-refractivity contribution in [1.29, 1.82) is 0 Å². The average molecular weight is 710 g/mol. The molecule has 0 spiro atoms. The number of hydrogen-bond donors (Lipinski definition) is 3. The van der Waals surface area contributed by atoms with Gasteiger partial charge < -0.3 is 20.3 Å². The largest absolute Gasteiger partial charge is 0.461 e. The number of esters is 1. The molecule has 0 aromatic heterocycles. The number of carbonyl (C=O) groups is 5. The van der Waals surface area contributed by atoms with Gasteiger partial charge in [-0.2, -0.15) is 13.2 Å². The number of benzene rings is 1. The first-order valence-corrected chi connectivity index (χ1v) is 17.9. The summed E-state index contributed by atoms with van der Waals surface area (Å²) in [6.45, 7) is 9.24. The third kappa shape index (κ3) is 13.3. The lowest BCUT2D eigenvalue weighted by molar-refractivity contribution is -0.161. The van der Waals surface area contributed by atoms with Crippen LogP contribution >= 0.6 is 0 Å². The minimum Gasteiger partial charge on any atom is -0.461 e. The normalized spacial score (nSPS) is 19.0. The van der Waals surface area contributed by atoms with Crippen LogP contribution in [0.5, 0.6) is 0 Å². The minimum atomic E-state index is -4.63. The van der Waals surface area contributed by atoms with E-state index in [-0.39, 0.29) is 50.1 Å². The van der Waals surface area contributed by atoms with Crippen LogP contribution < -0.4 is 16.0 Å². The van der Waals surface area contributed by atoms with Gasteiger partial charge in [0.2, 0.25) is 23.6 Å². The monoisotopic (exact) mass is 709 g/mol. The number of likely N-dealkylation sites (tertiary alicyclic amines) is 2. The molecule has 2 heterocycles. The summed E-state index contributed by atoms with van der Waals surface area (Å²) in [6, 6.07) is 2.52. The van der Waals surface area contributed by atoms with Gasteiger partial charge in [0.05, 0.1) is 6.04 Å². The van der Waals surface area contributed by atoms with Gasteiger partial charge in [0.25, 0.3) is 0 Å². The fraction of sp³-hybridized carbons (Fsp3) is 0.694. The highest BCUT2D eigenvalue weighted by Crippen LogP contribution is 2.26. The van der Waals surface area contributed by atoms with E-state index >= 15 is 0 Å². The fourth-order valence-electron chi connectivity index (χ4n) is 6.34. The number of piperidine rings is 1. The molecule has 3 N–H and O–H groups in total. The lowest BCUT2D eigenvalue weighted by Crippen LogP contribution is -2.58. The Morgan fingerprint density at radius 1 is 0.920 bits per heavy atom. The van der Waals surface area contributed by atoms with E-state index in [0.29, 0.717) is 31.4 Å². The molecule has 2 aliphatic heterocycles. The van der Waals surface area contributed by atoms with E-state index in [9.17, 15) is 37.1 Å². The molecule has 50 heavy (non-hydrogen) atoms. The Balaban J connectivity index is 1.63. The zero-order chi connectivity index (χ0) is 36.8. The lowest BCUT2D eigenvalue weighted by Gasteiger charge is -2.31. The number of anilines is 1. The van der Waals surface area contributed by atoms with E-state index in [4.69, 9.17) is 4.74 Å². The SMILES string of the molecule is CC(=O)OCc1ccc(NC(=O)[C@H](CCCN2CCCCC2)NC(=O)[C@@H](N[C@@H](CCCCCN2C(=O)CC(C)C2=O)C(F)(F)F)C(C)C)cc1. The van der Waals surface area contributed by atoms with Gasteiger partial charge in [-0.1, -0.05) is 52.2 Å². The molecule has 0 bridgehead atoms. The van der Waals surface area contributed by atoms with Crippen molar-refractivity contribution in [3.8, 4) is 0 Å². The maximum absolute atomic E-state index is 14.2. The number of alkyl halides is 3. The number of nitrogens with zero attached hydrogens (tertiary/aromatic N) is 2. The number of carbonyl (C=O) groups excluding carboxylic acids is 5. The van der Waals surface area contributed by atoms with E-state index in [0.717, 1.165) is 38.0 Å². The Labute approximate surface area is 293 Å².